The zero-order valence-electron chi connectivity index (χ0n) is 11.9. The fourth-order valence-electron chi connectivity index (χ4n) is 2.14. The van der Waals surface area contributed by atoms with Gasteiger partial charge in [-0.3, -0.25) is 9.59 Å². The first-order valence-electron chi connectivity index (χ1n) is 6.63. The number of halogens is 2. The molecule has 22 heavy (non-hydrogen) atoms. The molecular weight excluding hydrogens is 307 g/mol. The molecule has 0 aliphatic heterocycles. The van der Waals surface area contributed by atoms with Crippen molar-refractivity contribution in [3.05, 3.63) is 70.5 Å². The highest BCUT2D eigenvalue weighted by Gasteiger charge is 2.25. The molecule has 0 radical (unpaired) electrons. The van der Waals surface area contributed by atoms with Crippen LogP contribution in [0, 0.1) is 5.82 Å². The summed E-state index contributed by atoms with van der Waals surface area (Å²) in [6, 6.07) is 12.0. The maximum Gasteiger partial charge on any atom is 0.313 e. The van der Waals surface area contributed by atoms with Gasteiger partial charge < -0.3 is 4.74 Å². The molecule has 0 aromatic heterocycles. The van der Waals surface area contributed by atoms with Gasteiger partial charge in [0, 0.05) is 17.0 Å². The summed E-state index contributed by atoms with van der Waals surface area (Å²) in [5.74, 6) is -2.10. The van der Waals surface area contributed by atoms with E-state index in [0.717, 1.165) is 6.07 Å². The molecule has 1 atom stereocenters. The molecule has 2 aromatic rings. The van der Waals surface area contributed by atoms with Gasteiger partial charge in [-0.05, 0) is 29.8 Å². The summed E-state index contributed by atoms with van der Waals surface area (Å²) in [5, 5.41) is 0.531. The van der Waals surface area contributed by atoms with E-state index in [4.69, 9.17) is 16.3 Å². The van der Waals surface area contributed by atoms with E-state index in [-0.39, 0.29) is 17.8 Å². The quantitative estimate of drug-likeness (QED) is 0.617. The second-order valence-electron chi connectivity index (χ2n) is 4.76. The molecule has 0 saturated carbocycles. The monoisotopic (exact) mass is 320 g/mol. The van der Waals surface area contributed by atoms with E-state index in [1.165, 1.54) is 25.3 Å². The second kappa shape index (κ2) is 7.18. The fraction of sp³-hybridized carbons (Fsp3) is 0.176. The molecule has 0 fully saturated rings. The molecule has 0 aliphatic carbocycles. The lowest BCUT2D eigenvalue weighted by atomic mass is 9.91. The molecule has 0 amide bonds. The minimum atomic E-state index is -0.752. The molecule has 0 aliphatic rings. The van der Waals surface area contributed by atoms with Crippen molar-refractivity contribution in [2.75, 3.05) is 7.11 Å². The highest BCUT2D eigenvalue weighted by atomic mass is 35.5. The van der Waals surface area contributed by atoms with Crippen LogP contribution in [-0.4, -0.2) is 18.9 Å². The number of rotatable bonds is 5. The van der Waals surface area contributed by atoms with Crippen molar-refractivity contribution >= 4 is 23.4 Å². The van der Waals surface area contributed by atoms with Gasteiger partial charge in [-0.15, -0.1) is 0 Å². The van der Waals surface area contributed by atoms with E-state index in [0.29, 0.717) is 10.6 Å². The summed E-state index contributed by atoms with van der Waals surface area (Å²) in [5.41, 5.74) is 0.851. The average Bonchev–Trinajstić information content (AvgIpc) is 2.52. The third kappa shape index (κ3) is 3.92. The van der Waals surface area contributed by atoms with Crippen LogP contribution in [0.2, 0.25) is 5.02 Å². The number of carbonyl (C=O) groups excluding carboxylic acids is 2. The Morgan fingerprint density at radius 2 is 1.86 bits per heavy atom. The van der Waals surface area contributed by atoms with Gasteiger partial charge in [0.1, 0.15) is 5.82 Å². The standard InChI is InChI=1S/C17H14ClFO3/c1-22-17(21)15(11-5-7-13(18)8-6-11)10-16(20)12-3-2-4-14(19)9-12/h2-9,15H,10H2,1H3/t15-/m1/s1. The summed E-state index contributed by atoms with van der Waals surface area (Å²) in [4.78, 5) is 24.2. The predicted octanol–water partition coefficient (Wildman–Crippen LogP) is 4.01. The minimum Gasteiger partial charge on any atom is -0.469 e. The number of hydrogen-bond acceptors (Lipinski definition) is 3. The van der Waals surface area contributed by atoms with Crippen molar-refractivity contribution < 1.29 is 18.7 Å². The topological polar surface area (TPSA) is 43.4 Å². The van der Waals surface area contributed by atoms with Crippen LogP contribution in [0.4, 0.5) is 4.39 Å². The predicted molar refractivity (Wildman–Crippen MR) is 81.6 cm³/mol. The van der Waals surface area contributed by atoms with Crippen LogP contribution in [0.5, 0.6) is 0 Å². The second-order valence-corrected chi connectivity index (χ2v) is 5.20. The van der Waals surface area contributed by atoms with E-state index in [1.54, 1.807) is 24.3 Å². The molecule has 5 heteroatoms. The fourth-order valence-corrected chi connectivity index (χ4v) is 2.27. The Kier molecular flexibility index (Phi) is 5.28. The zero-order chi connectivity index (χ0) is 16.1. The van der Waals surface area contributed by atoms with Crippen LogP contribution in [0.15, 0.2) is 48.5 Å². The summed E-state index contributed by atoms with van der Waals surface area (Å²) >= 11 is 5.82. The van der Waals surface area contributed by atoms with Crippen LogP contribution in [0.1, 0.15) is 28.3 Å². The zero-order valence-corrected chi connectivity index (χ0v) is 12.6. The molecule has 0 spiro atoms. The van der Waals surface area contributed by atoms with Crippen molar-refractivity contribution in [1.29, 1.82) is 0 Å². The summed E-state index contributed by atoms with van der Waals surface area (Å²) in [6.07, 6.45) is -0.0994. The van der Waals surface area contributed by atoms with Gasteiger partial charge >= 0.3 is 5.97 Å². The lowest BCUT2D eigenvalue weighted by Crippen LogP contribution is -2.18. The maximum atomic E-state index is 13.2. The van der Waals surface area contributed by atoms with Crippen LogP contribution >= 0.6 is 11.6 Å². The highest BCUT2D eigenvalue weighted by molar-refractivity contribution is 6.30. The number of esters is 1. The maximum absolute atomic E-state index is 13.2. The van der Waals surface area contributed by atoms with Crippen LogP contribution in [0.25, 0.3) is 0 Å². The third-order valence-corrected chi connectivity index (χ3v) is 3.55. The number of Topliss-reactive ketones (excluding diaryl/α,β-unsaturated/α-hetero) is 1. The van der Waals surface area contributed by atoms with Crippen molar-refractivity contribution in [2.24, 2.45) is 0 Å². The number of hydrogen-bond donors (Lipinski definition) is 0. The van der Waals surface area contributed by atoms with E-state index >= 15 is 0 Å². The van der Waals surface area contributed by atoms with Gasteiger partial charge in [0.25, 0.3) is 0 Å². The summed E-state index contributed by atoms with van der Waals surface area (Å²) < 4.78 is 18.0. The van der Waals surface area contributed by atoms with Crippen LogP contribution in [-0.2, 0) is 9.53 Å². The molecule has 2 aromatic carbocycles. The molecule has 0 unspecified atom stereocenters. The molecule has 114 valence electrons. The Balaban J connectivity index is 2.25. The van der Waals surface area contributed by atoms with Crippen molar-refractivity contribution in [1.82, 2.24) is 0 Å². The number of carbonyl (C=O) groups is 2. The Bertz CT molecular complexity index is 683. The lowest BCUT2D eigenvalue weighted by Gasteiger charge is -2.14. The number of ether oxygens (including phenoxy) is 1. The SMILES string of the molecule is COC(=O)[C@H](CC(=O)c1cccc(F)c1)c1ccc(Cl)cc1. The van der Waals surface area contributed by atoms with Gasteiger partial charge in [-0.2, -0.15) is 0 Å². The van der Waals surface area contributed by atoms with Gasteiger partial charge in [-0.25, -0.2) is 4.39 Å². The van der Waals surface area contributed by atoms with E-state index in [2.05, 4.69) is 0 Å². The van der Waals surface area contributed by atoms with E-state index in [9.17, 15) is 14.0 Å². The first-order chi connectivity index (χ1) is 10.5. The highest BCUT2D eigenvalue weighted by Crippen LogP contribution is 2.25. The van der Waals surface area contributed by atoms with Gasteiger partial charge in [-0.1, -0.05) is 35.9 Å². The van der Waals surface area contributed by atoms with Gasteiger partial charge in [0.2, 0.25) is 0 Å². The molecule has 0 saturated heterocycles. The first kappa shape index (κ1) is 16.2. The van der Waals surface area contributed by atoms with Crippen LogP contribution in [0.3, 0.4) is 0 Å². The third-order valence-electron chi connectivity index (χ3n) is 3.29. The molecule has 0 heterocycles. The smallest absolute Gasteiger partial charge is 0.313 e. The largest absolute Gasteiger partial charge is 0.469 e. The number of benzene rings is 2. The minimum absolute atomic E-state index is 0.0994. The molecular formula is C17H14ClFO3. The van der Waals surface area contributed by atoms with Crippen molar-refractivity contribution in [3.8, 4) is 0 Å². The number of ketones is 1. The Morgan fingerprint density at radius 3 is 2.45 bits per heavy atom. The van der Waals surface area contributed by atoms with Crippen molar-refractivity contribution in [2.45, 2.75) is 12.3 Å². The summed E-state index contributed by atoms with van der Waals surface area (Å²) in [7, 11) is 1.26. The molecule has 0 N–H and O–H groups in total. The Hall–Kier alpha value is -2.20. The Labute approximate surface area is 132 Å². The van der Waals surface area contributed by atoms with E-state index in [1.807, 2.05) is 0 Å². The summed E-state index contributed by atoms with van der Waals surface area (Å²) in [6.45, 7) is 0. The van der Waals surface area contributed by atoms with Gasteiger partial charge in [0.05, 0.1) is 13.0 Å². The van der Waals surface area contributed by atoms with Gasteiger partial charge in [0.15, 0.2) is 5.78 Å². The number of methoxy groups -OCH3 is 1. The lowest BCUT2D eigenvalue weighted by molar-refractivity contribution is -0.142. The van der Waals surface area contributed by atoms with Crippen LogP contribution < -0.4 is 0 Å². The Morgan fingerprint density at radius 1 is 1.18 bits per heavy atom. The molecule has 3 nitrogen and oxygen atoms in total. The molecule has 2 rings (SSSR count). The molecule has 0 bridgehead atoms. The normalized spacial score (nSPS) is 11.8. The first-order valence-corrected chi connectivity index (χ1v) is 7.01. The average molecular weight is 321 g/mol. The van der Waals surface area contributed by atoms with Crippen molar-refractivity contribution in [3.63, 3.8) is 0 Å². The van der Waals surface area contributed by atoms with E-state index < -0.39 is 17.7 Å².